The number of aliphatic hydroxyl groups is 1. The molecule has 1 saturated carbocycles. The molecule has 0 amide bonds. The summed E-state index contributed by atoms with van der Waals surface area (Å²) in [4.78, 5) is 2.43. The molecular weight excluding hydrogens is 218 g/mol. The van der Waals surface area contributed by atoms with E-state index in [-0.39, 0.29) is 6.10 Å². The Labute approximate surface area is 106 Å². The highest BCUT2D eigenvalue weighted by Gasteiger charge is 2.31. The van der Waals surface area contributed by atoms with Gasteiger partial charge in [-0.2, -0.15) is 12.6 Å². The molecule has 0 unspecified atom stereocenters. The summed E-state index contributed by atoms with van der Waals surface area (Å²) in [6.07, 6.45) is 4.37. The van der Waals surface area contributed by atoms with Gasteiger partial charge in [-0.3, -0.25) is 0 Å². The fourth-order valence-electron chi connectivity index (χ4n) is 2.67. The van der Waals surface area contributed by atoms with Crippen LogP contribution < -0.4 is 0 Å². The van der Waals surface area contributed by atoms with Crippen LogP contribution >= 0.6 is 12.6 Å². The Hall–Kier alpha value is 0.270. The van der Waals surface area contributed by atoms with Gasteiger partial charge in [-0.25, -0.2) is 0 Å². The lowest BCUT2D eigenvalue weighted by molar-refractivity contribution is 0.0224. The molecule has 1 N–H and O–H groups in total. The van der Waals surface area contributed by atoms with Crippen LogP contribution in [0.2, 0.25) is 0 Å². The highest BCUT2D eigenvalue weighted by atomic mass is 32.1. The minimum absolute atomic E-state index is 0.0228. The molecule has 1 fully saturated rings. The van der Waals surface area contributed by atoms with Crippen molar-refractivity contribution in [3.05, 3.63) is 0 Å². The summed E-state index contributed by atoms with van der Waals surface area (Å²) >= 11 is 4.51. The average molecular weight is 245 g/mol. The van der Waals surface area contributed by atoms with Crippen molar-refractivity contribution in [2.75, 3.05) is 25.9 Å². The van der Waals surface area contributed by atoms with E-state index in [0.29, 0.717) is 11.3 Å². The molecule has 0 aromatic heterocycles. The summed E-state index contributed by atoms with van der Waals surface area (Å²) in [7, 11) is 2.20. The number of rotatable bonds is 7. The third kappa shape index (κ3) is 3.64. The van der Waals surface area contributed by atoms with Crippen molar-refractivity contribution in [3.63, 3.8) is 0 Å². The molecule has 16 heavy (non-hydrogen) atoms. The van der Waals surface area contributed by atoms with Gasteiger partial charge in [0.15, 0.2) is 0 Å². The summed E-state index contributed by atoms with van der Waals surface area (Å²) in [5.74, 6) is 1.68. The Kier molecular flexibility index (Phi) is 5.62. The Morgan fingerprint density at radius 1 is 1.31 bits per heavy atom. The lowest BCUT2D eigenvalue weighted by Crippen LogP contribution is -2.42. The highest BCUT2D eigenvalue weighted by Crippen LogP contribution is 2.31. The van der Waals surface area contributed by atoms with Gasteiger partial charge >= 0.3 is 0 Å². The van der Waals surface area contributed by atoms with Gasteiger partial charge in [-0.15, -0.1) is 0 Å². The third-order valence-corrected chi connectivity index (χ3v) is 4.89. The van der Waals surface area contributed by atoms with E-state index in [1.54, 1.807) is 0 Å². The predicted octanol–water partition coefficient (Wildman–Crippen LogP) is 2.43. The first-order valence-electron chi connectivity index (χ1n) is 6.52. The van der Waals surface area contributed by atoms with Crippen LogP contribution in [0, 0.1) is 11.3 Å². The molecule has 2 nitrogen and oxygen atoms in total. The molecular formula is C13H27NOS. The lowest BCUT2D eigenvalue weighted by Gasteiger charge is -2.39. The fraction of sp³-hybridized carbons (Fsp3) is 1.00. The van der Waals surface area contributed by atoms with Crippen LogP contribution in [0.4, 0.5) is 0 Å². The van der Waals surface area contributed by atoms with Crippen LogP contribution in [-0.2, 0) is 0 Å². The maximum atomic E-state index is 9.27. The first-order chi connectivity index (χ1) is 7.55. The van der Waals surface area contributed by atoms with E-state index >= 15 is 0 Å². The number of thiol groups is 1. The Morgan fingerprint density at radius 2 is 1.88 bits per heavy atom. The van der Waals surface area contributed by atoms with Gasteiger partial charge < -0.3 is 10.0 Å². The minimum atomic E-state index is -0.0228. The second-order valence-corrected chi connectivity index (χ2v) is 5.87. The van der Waals surface area contributed by atoms with E-state index in [1.165, 1.54) is 12.8 Å². The van der Waals surface area contributed by atoms with Gasteiger partial charge in [0.1, 0.15) is 0 Å². The van der Waals surface area contributed by atoms with E-state index in [9.17, 15) is 5.11 Å². The predicted molar refractivity (Wildman–Crippen MR) is 73.1 cm³/mol. The molecule has 0 aromatic rings. The van der Waals surface area contributed by atoms with Gasteiger partial charge in [0, 0.05) is 13.1 Å². The molecule has 0 bridgehead atoms. The monoisotopic (exact) mass is 245 g/mol. The van der Waals surface area contributed by atoms with Crippen molar-refractivity contribution in [1.29, 1.82) is 0 Å². The van der Waals surface area contributed by atoms with Gasteiger partial charge in [-0.1, -0.05) is 13.8 Å². The maximum absolute atomic E-state index is 9.27. The number of hydrogen-bond acceptors (Lipinski definition) is 3. The molecule has 0 radical (unpaired) electrons. The van der Waals surface area contributed by atoms with Gasteiger partial charge in [0.05, 0.1) is 6.10 Å². The quantitative estimate of drug-likeness (QED) is 0.673. The zero-order chi connectivity index (χ0) is 12.2. The van der Waals surface area contributed by atoms with E-state index in [2.05, 4.69) is 38.4 Å². The standard InChI is InChI=1S/C13H27NOS/c1-4-13(5-2,10-16)9-14(3)8-11-6-12(15)7-11/h11-12,15-16H,4-10H2,1-3H3. The molecule has 0 saturated heterocycles. The molecule has 3 heteroatoms. The average Bonchev–Trinajstić information content (AvgIpc) is 2.24. The van der Waals surface area contributed by atoms with Crippen molar-refractivity contribution >= 4 is 12.6 Å². The molecule has 96 valence electrons. The summed E-state index contributed by atoms with van der Waals surface area (Å²) in [6.45, 7) is 6.80. The highest BCUT2D eigenvalue weighted by molar-refractivity contribution is 7.80. The second kappa shape index (κ2) is 6.27. The van der Waals surface area contributed by atoms with Crippen molar-refractivity contribution < 1.29 is 5.11 Å². The van der Waals surface area contributed by atoms with E-state index < -0.39 is 0 Å². The Morgan fingerprint density at radius 3 is 2.25 bits per heavy atom. The number of hydrogen-bond donors (Lipinski definition) is 2. The van der Waals surface area contributed by atoms with Crippen molar-refractivity contribution in [3.8, 4) is 0 Å². The first kappa shape index (κ1) is 14.3. The zero-order valence-electron chi connectivity index (χ0n) is 10.9. The molecule has 1 rings (SSSR count). The molecule has 0 spiro atoms. The van der Waals surface area contributed by atoms with Crippen molar-refractivity contribution in [1.82, 2.24) is 4.90 Å². The van der Waals surface area contributed by atoms with Crippen LogP contribution in [-0.4, -0.2) is 42.0 Å². The molecule has 0 heterocycles. The second-order valence-electron chi connectivity index (χ2n) is 5.55. The number of nitrogens with zero attached hydrogens (tertiary/aromatic N) is 1. The van der Waals surface area contributed by atoms with Crippen LogP contribution in [0.1, 0.15) is 39.5 Å². The third-order valence-electron chi connectivity index (χ3n) is 4.22. The van der Waals surface area contributed by atoms with Crippen molar-refractivity contribution in [2.45, 2.75) is 45.6 Å². The van der Waals surface area contributed by atoms with Gasteiger partial charge in [0.2, 0.25) is 0 Å². The Bertz CT molecular complexity index is 192. The molecule has 1 aliphatic rings. The first-order valence-corrected chi connectivity index (χ1v) is 7.16. The minimum Gasteiger partial charge on any atom is -0.393 e. The fourth-order valence-corrected chi connectivity index (χ4v) is 3.22. The van der Waals surface area contributed by atoms with Gasteiger partial charge in [0.25, 0.3) is 0 Å². The largest absolute Gasteiger partial charge is 0.393 e. The smallest absolute Gasteiger partial charge is 0.0546 e. The number of aliphatic hydroxyl groups excluding tert-OH is 1. The topological polar surface area (TPSA) is 23.5 Å². The summed E-state index contributed by atoms with van der Waals surface area (Å²) < 4.78 is 0. The normalized spacial score (nSPS) is 25.9. The van der Waals surface area contributed by atoms with Crippen LogP contribution in [0.5, 0.6) is 0 Å². The molecule has 0 atom stereocenters. The Balaban J connectivity index is 2.33. The lowest BCUT2D eigenvalue weighted by atomic mass is 9.80. The van der Waals surface area contributed by atoms with Gasteiger partial charge in [-0.05, 0) is 49.8 Å². The van der Waals surface area contributed by atoms with E-state index in [1.807, 2.05) is 0 Å². The molecule has 0 aromatic carbocycles. The molecule has 0 aliphatic heterocycles. The zero-order valence-corrected chi connectivity index (χ0v) is 11.8. The summed E-state index contributed by atoms with van der Waals surface area (Å²) in [5.41, 5.74) is 0.375. The van der Waals surface area contributed by atoms with E-state index in [4.69, 9.17) is 0 Å². The maximum Gasteiger partial charge on any atom is 0.0546 e. The summed E-state index contributed by atoms with van der Waals surface area (Å²) in [6, 6.07) is 0. The summed E-state index contributed by atoms with van der Waals surface area (Å²) in [5, 5.41) is 9.27. The van der Waals surface area contributed by atoms with Crippen LogP contribution in [0.15, 0.2) is 0 Å². The van der Waals surface area contributed by atoms with Crippen molar-refractivity contribution in [2.24, 2.45) is 11.3 Å². The van der Waals surface area contributed by atoms with Crippen LogP contribution in [0.25, 0.3) is 0 Å². The van der Waals surface area contributed by atoms with Crippen LogP contribution in [0.3, 0.4) is 0 Å². The van der Waals surface area contributed by atoms with E-state index in [0.717, 1.165) is 31.7 Å². The molecule has 1 aliphatic carbocycles. The SMILES string of the molecule is CCC(CC)(CS)CN(C)CC1CC(O)C1.